The molecule has 2 atom stereocenters. The van der Waals surface area contributed by atoms with Crippen molar-refractivity contribution in [1.82, 2.24) is 5.32 Å². The zero-order valence-electron chi connectivity index (χ0n) is 9.92. The van der Waals surface area contributed by atoms with E-state index in [4.69, 9.17) is 4.74 Å². The van der Waals surface area contributed by atoms with Gasteiger partial charge in [-0.1, -0.05) is 12.5 Å². The van der Waals surface area contributed by atoms with Gasteiger partial charge in [0.2, 0.25) is 0 Å². The van der Waals surface area contributed by atoms with Crippen molar-refractivity contribution in [3.63, 3.8) is 0 Å². The Morgan fingerprint density at radius 3 is 3.12 bits per heavy atom. The van der Waals surface area contributed by atoms with Crippen LogP contribution >= 0.6 is 0 Å². The molecule has 1 saturated heterocycles. The smallest absolute Gasteiger partial charge is 0.140 e. The number of ether oxygens (including phenoxy) is 1. The van der Waals surface area contributed by atoms with Crippen LogP contribution in [0.1, 0.15) is 36.6 Å². The summed E-state index contributed by atoms with van der Waals surface area (Å²) in [5, 5.41) is 3.28. The maximum Gasteiger partial charge on any atom is 0.140 e. The van der Waals surface area contributed by atoms with E-state index in [1.807, 2.05) is 18.2 Å². The highest BCUT2D eigenvalue weighted by Gasteiger charge is 2.25. The molecule has 0 aliphatic carbocycles. The Morgan fingerprint density at radius 1 is 1.35 bits per heavy atom. The summed E-state index contributed by atoms with van der Waals surface area (Å²) in [6, 6.07) is 5.74. The molecular weight excluding hydrogens is 217 g/mol. The van der Waals surface area contributed by atoms with E-state index >= 15 is 0 Å². The van der Waals surface area contributed by atoms with E-state index in [9.17, 15) is 4.39 Å². The third-order valence-corrected chi connectivity index (χ3v) is 3.73. The van der Waals surface area contributed by atoms with Crippen molar-refractivity contribution < 1.29 is 9.13 Å². The lowest BCUT2D eigenvalue weighted by Gasteiger charge is -2.26. The third kappa shape index (κ3) is 2.16. The molecule has 3 heteroatoms. The van der Waals surface area contributed by atoms with E-state index in [1.165, 1.54) is 6.42 Å². The first kappa shape index (κ1) is 11.0. The number of fused-ring (bicyclic) bond motifs is 1. The highest BCUT2D eigenvalue weighted by molar-refractivity contribution is 5.40. The number of benzene rings is 1. The summed E-state index contributed by atoms with van der Waals surface area (Å²) >= 11 is 0. The van der Waals surface area contributed by atoms with Gasteiger partial charge in [-0.25, -0.2) is 4.39 Å². The molecule has 0 bridgehead atoms. The maximum atomic E-state index is 14.4. The zero-order chi connectivity index (χ0) is 11.7. The molecule has 1 aromatic carbocycles. The fraction of sp³-hybridized carbons (Fsp3) is 0.571. The Balaban J connectivity index is 1.78. The summed E-state index contributed by atoms with van der Waals surface area (Å²) in [5.41, 5.74) is 1.95. The van der Waals surface area contributed by atoms with Crippen molar-refractivity contribution in [3.05, 3.63) is 29.3 Å². The molecular formula is C14H18FNO. The third-order valence-electron chi connectivity index (χ3n) is 3.73. The van der Waals surface area contributed by atoms with E-state index < -0.39 is 6.17 Å². The first-order chi connectivity index (χ1) is 8.34. The van der Waals surface area contributed by atoms with Crippen LogP contribution in [0.25, 0.3) is 0 Å². The molecule has 2 aliphatic heterocycles. The fourth-order valence-corrected chi connectivity index (χ4v) is 2.74. The fourth-order valence-electron chi connectivity index (χ4n) is 2.74. The predicted octanol–water partition coefficient (Wildman–Crippen LogP) is 2.77. The largest absolute Gasteiger partial charge is 0.493 e. The van der Waals surface area contributed by atoms with Gasteiger partial charge in [0.05, 0.1) is 6.61 Å². The van der Waals surface area contributed by atoms with Gasteiger partial charge >= 0.3 is 0 Å². The van der Waals surface area contributed by atoms with Gasteiger partial charge in [-0.2, -0.15) is 0 Å². The highest BCUT2D eigenvalue weighted by Crippen LogP contribution is 2.32. The van der Waals surface area contributed by atoms with Crippen molar-refractivity contribution in [3.8, 4) is 5.75 Å². The van der Waals surface area contributed by atoms with Gasteiger partial charge < -0.3 is 10.1 Å². The first-order valence-electron chi connectivity index (χ1n) is 6.48. The number of piperidine rings is 1. The van der Waals surface area contributed by atoms with Crippen molar-refractivity contribution in [1.29, 1.82) is 0 Å². The van der Waals surface area contributed by atoms with Crippen LogP contribution < -0.4 is 10.1 Å². The van der Waals surface area contributed by atoms with Crippen molar-refractivity contribution in [2.45, 2.75) is 37.9 Å². The van der Waals surface area contributed by atoms with Crippen LogP contribution in [-0.2, 0) is 6.42 Å². The van der Waals surface area contributed by atoms with Crippen LogP contribution in [-0.4, -0.2) is 19.2 Å². The second-order valence-corrected chi connectivity index (χ2v) is 4.92. The van der Waals surface area contributed by atoms with Gasteiger partial charge in [0, 0.05) is 12.5 Å². The minimum atomic E-state index is -0.888. The van der Waals surface area contributed by atoms with E-state index in [1.54, 1.807) is 0 Å². The van der Waals surface area contributed by atoms with E-state index in [0.29, 0.717) is 0 Å². The minimum Gasteiger partial charge on any atom is -0.493 e. The molecule has 1 N–H and O–H groups in total. The van der Waals surface area contributed by atoms with Crippen LogP contribution in [0.2, 0.25) is 0 Å². The van der Waals surface area contributed by atoms with Gasteiger partial charge in [-0.15, -0.1) is 0 Å². The summed E-state index contributed by atoms with van der Waals surface area (Å²) in [7, 11) is 0. The van der Waals surface area contributed by atoms with E-state index in [2.05, 4.69) is 5.32 Å². The molecule has 0 amide bonds. The number of alkyl halides is 1. The second-order valence-electron chi connectivity index (χ2n) is 4.92. The second kappa shape index (κ2) is 4.65. The van der Waals surface area contributed by atoms with Gasteiger partial charge in [0.1, 0.15) is 11.9 Å². The summed E-state index contributed by atoms with van der Waals surface area (Å²) in [6.45, 7) is 1.68. The van der Waals surface area contributed by atoms with Crippen LogP contribution in [0.15, 0.2) is 18.2 Å². The number of hydrogen-bond acceptors (Lipinski definition) is 2. The van der Waals surface area contributed by atoms with Crippen LogP contribution in [0, 0.1) is 0 Å². The first-order valence-corrected chi connectivity index (χ1v) is 6.48. The molecule has 2 nitrogen and oxygen atoms in total. The van der Waals surface area contributed by atoms with Crippen molar-refractivity contribution in [2.75, 3.05) is 13.2 Å². The Labute approximate surface area is 101 Å². The van der Waals surface area contributed by atoms with Crippen molar-refractivity contribution in [2.24, 2.45) is 0 Å². The zero-order valence-corrected chi connectivity index (χ0v) is 9.92. The van der Waals surface area contributed by atoms with Crippen molar-refractivity contribution >= 4 is 0 Å². The van der Waals surface area contributed by atoms with Gasteiger partial charge in [0.15, 0.2) is 0 Å². The molecule has 92 valence electrons. The average Bonchev–Trinajstić information content (AvgIpc) is 2.86. The molecule has 17 heavy (non-hydrogen) atoms. The summed E-state index contributed by atoms with van der Waals surface area (Å²) in [6.07, 6.45) is 3.26. The number of rotatable bonds is 2. The normalized spacial score (nSPS) is 25.1. The Kier molecular flexibility index (Phi) is 3.02. The lowest BCUT2D eigenvalue weighted by molar-refractivity contribution is 0.221. The van der Waals surface area contributed by atoms with Gasteiger partial charge in [-0.05, 0) is 42.6 Å². The molecule has 3 rings (SSSR count). The average molecular weight is 235 g/mol. The Morgan fingerprint density at radius 2 is 2.29 bits per heavy atom. The quantitative estimate of drug-likeness (QED) is 0.851. The molecule has 1 fully saturated rings. The molecule has 0 saturated carbocycles. The highest BCUT2D eigenvalue weighted by atomic mass is 19.1. The molecule has 2 unspecified atom stereocenters. The maximum absolute atomic E-state index is 14.4. The predicted molar refractivity (Wildman–Crippen MR) is 65.1 cm³/mol. The summed E-state index contributed by atoms with van der Waals surface area (Å²) in [5.74, 6) is 0.928. The number of halogens is 1. The van der Waals surface area contributed by atoms with E-state index in [-0.39, 0.29) is 6.04 Å². The summed E-state index contributed by atoms with van der Waals surface area (Å²) in [4.78, 5) is 0. The molecule has 0 aromatic heterocycles. The van der Waals surface area contributed by atoms with E-state index in [0.717, 1.165) is 49.3 Å². The van der Waals surface area contributed by atoms with Gasteiger partial charge in [-0.3, -0.25) is 0 Å². The number of nitrogens with one attached hydrogen (secondary N) is 1. The topological polar surface area (TPSA) is 21.3 Å². The standard InChI is InChI=1S/C14H18FNO/c15-14(12-3-1-2-7-16-12)11-4-5-13-10(9-11)6-8-17-13/h4-5,9,12,14,16H,1-3,6-8H2. The summed E-state index contributed by atoms with van der Waals surface area (Å²) < 4.78 is 19.8. The molecule has 0 spiro atoms. The Hall–Kier alpha value is -1.09. The van der Waals surface area contributed by atoms with Crippen LogP contribution in [0.5, 0.6) is 5.75 Å². The molecule has 2 aliphatic rings. The Bertz CT molecular complexity index is 401. The lowest BCUT2D eigenvalue weighted by atomic mass is 9.95. The monoisotopic (exact) mass is 235 g/mol. The van der Waals surface area contributed by atoms with Crippen LogP contribution in [0.4, 0.5) is 4.39 Å². The lowest BCUT2D eigenvalue weighted by Crippen LogP contribution is -2.37. The molecule has 0 radical (unpaired) electrons. The van der Waals surface area contributed by atoms with Crippen LogP contribution in [0.3, 0.4) is 0 Å². The molecule has 1 aromatic rings. The SMILES string of the molecule is FC(c1ccc2c(c1)CCO2)C1CCCCN1. The molecule has 2 heterocycles. The van der Waals surface area contributed by atoms with Gasteiger partial charge in [0.25, 0.3) is 0 Å². The minimum absolute atomic E-state index is 0.0101. The number of hydrogen-bond donors (Lipinski definition) is 1.